The van der Waals surface area contributed by atoms with Crippen molar-refractivity contribution in [2.24, 2.45) is 0 Å². The second-order valence-electron chi connectivity index (χ2n) is 4.32. The van der Waals surface area contributed by atoms with Gasteiger partial charge in [0.15, 0.2) is 5.13 Å². The average Bonchev–Trinajstić information content (AvgIpc) is 2.91. The van der Waals surface area contributed by atoms with Gasteiger partial charge in [0.25, 0.3) is 15.9 Å². The molecule has 1 aliphatic rings. The molecule has 1 amide bonds. The number of thiazole rings is 1. The van der Waals surface area contributed by atoms with Crippen molar-refractivity contribution in [2.45, 2.75) is 23.1 Å². The molecule has 0 aromatic carbocycles. The quantitative estimate of drug-likeness (QED) is 0.877. The molecule has 0 aliphatic heterocycles. The maximum Gasteiger partial charge on any atom is 0.273 e. The van der Waals surface area contributed by atoms with Crippen molar-refractivity contribution in [1.29, 1.82) is 0 Å². The van der Waals surface area contributed by atoms with E-state index in [2.05, 4.69) is 15.0 Å². The molecule has 0 atom stereocenters. The summed E-state index contributed by atoms with van der Waals surface area (Å²) in [7, 11) is -3.61. The maximum absolute atomic E-state index is 12.0. The van der Waals surface area contributed by atoms with Crippen LogP contribution in [0.25, 0.3) is 0 Å². The molecule has 9 heteroatoms. The normalized spacial score (nSPS) is 15.0. The van der Waals surface area contributed by atoms with Crippen molar-refractivity contribution in [2.75, 3.05) is 4.72 Å². The van der Waals surface area contributed by atoms with Gasteiger partial charge in [-0.3, -0.25) is 9.52 Å². The molecule has 1 fully saturated rings. The smallest absolute Gasteiger partial charge is 0.273 e. The number of rotatable bonds is 5. The second-order valence-corrected chi connectivity index (χ2v) is 8.04. The number of aromatic nitrogens is 1. The van der Waals surface area contributed by atoms with Crippen LogP contribution in [-0.4, -0.2) is 25.4 Å². The molecule has 1 saturated carbocycles. The fourth-order valence-corrected chi connectivity index (χ4v) is 4.43. The summed E-state index contributed by atoms with van der Waals surface area (Å²) < 4.78 is 26.6. The van der Waals surface area contributed by atoms with Crippen molar-refractivity contribution in [3.8, 4) is 0 Å². The minimum absolute atomic E-state index is 0.194. The molecule has 106 valence electrons. The molecule has 20 heavy (non-hydrogen) atoms. The van der Waals surface area contributed by atoms with E-state index in [4.69, 9.17) is 0 Å². The largest absolute Gasteiger partial charge is 0.348 e. The van der Waals surface area contributed by atoms with Crippen LogP contribution in [0.15, 0.2) is 27.1 Å². The van der Waals surface area contributed by atoms with E-state index < -0.39 is 10.0 Å². The zero-order valence-corrected chi connectivity index (χ0v) is 12.6. The van der Waals surface area contributed by atoms with Gasteiger partial charge in [-0.05, 0) is 24.3 Å². The molecule has 2 aromatic heterocycles. The van der Waals surface area contributed by atoms with Crippen LogP contribution < -0.4 is 10.0 Å². The zero-order chi connectivity index (χ0) is 14.2. The number of anilines is 1. The summed E-state index contributed by atoms with van der Waals surface area (Å²) >= 11 is 2.22. The molecule has 2 heterocycles. The highest BCUT2D eigenvalue weighted by molar-refractivity contribution is 7.94. The number of nitrogens with one attached hydrogen (secondary N) is 2. The fraction of sp³-hybridized carbons (Fsp3) is 0.273. The van der Waals surface area contributed by atoms with Crippen molar-refractivity contribution >= 4 is 43.7 Å². The molecule has 0 radical (unpaired) electrons. The van der Waals surface area contributed by atoms with Crippen LogP contribution in [0.4, 0.5) is 5.13 Å². The number of carbonyl (C=O) groups is 1. The molecule has 0 unspecified atom stereocenters. The lowest BCUT2D eigenvalue weighted by molar-refractivity contribution is 0.0947. The molecule has 3 rings (SSSR count). The summed E-state index contributed by atoms with van der Waals surface area (Å²) in [6.45, 7) is 0. The molecular weight excluding hydrogens is 318 g/mol. The number of amides is 1. The number of carbonyl (C=O) groups excluding carboxylic acids is 1. The van der Waals surface area contributed by atoms with Gasteiger partial charge < -0.3 is 5.32 Å². The average molecular weight is 329 g/mol. The zero-order valence-electron chi connectivity index (χ0n) is 10.2. The lowest BCUT2D eigenvalue weighted by atomic mass is 10.4. The molecule has 0 saturated heterocycles. The first-order valence-electron chi connectivity index (χ1n) is 5.87. The van der Waals surface area contributed by atoms with E-state index >= 15 is 0 Å². The van der Waals surface area contributed by atoms with Gasteiger partial charge in [-0.2, -0.15) is 0 Å². The first-order chi connectivity index (χ1) is 9.54. The Balaban J connectivity index is 1.72. The maximum atomic E-state index is 12.0. The Morgan fingerprint density at radius 1 is 1.35 bits per heavy atom. The molecule has 6 nitrogen and oxygen atoms in total. The number of hydrogen-bond acceptors (Lipinski definition) is 6. The van der Waals surface area contributed by atoms with E-state index in [-0.39, 0.29) is 27.0 Å². The number of nitrogens with zero attached hydrogens (tertiary/aromatic N) is 1. The van der Waals surface area contributed by atoms with Gasteiger partial charge in [-0.25, -0.2) is 13.4 Å². The number of sulfonamides is 1. The minimum atomic E-state index is -3.61. The number of hydrogen-bond donors (Lipinski definition) is 2. The van der Waals surface area contributed by atoms with Crippen LogP contribution in [0, 0.1) is 0 Å². The molecule has 2 N–H and O–H groups in total. The van der Waals surface area contributed by atoms with E-state index in [0.717, 1.165) is 35.5 Å². The van der Waals surface area contributed by atoms with E-state index in [1.165, 1.54) is 6.07 Å². The van der Waals surface area contributed by atoms with Crippen molar-refractivity contribution < 1.29 is 13.2 Å². The summed E-state index contributed by atoms with van der Waals surface area (Å²) in [5.74, 6) is -0.259. The van der Waals surface area contributed by atoms with Crippen LogP contribution in [0.2, 0.25) is 0 Å². The summed E-state index contributed by atoms with van der Waals surface area (Å²) in [5, 5.41) is 6.23. The van der Waals surface area contributed by atoms with Crippen molar-refractivity contribution in [1.82, 2.24) is 10.3 Å². The molecule has 1 aliphatic carbocycles. The van der Waals surface area contributed by atoms with Crippen LogP contribution in [0.1, 0.15) is 23.3 Å². The topological polar surface area (TPSA) is 88.2 Å². The van der Waals surface area contributed by atoms with Gasteiger partial charge in [-0.15, -0.1) is 22.7 Å². The lowest BCUT2D eigenvalue weighted by Gasteiger charge is -2.01. The van der Waals surface area contributed by atoms with Crippen LogP contribution in [0.5, 0.6) is 0 Å². The molecule has 2 aromatic rings. The minimum Gasteiger partial charge on any atom is -0.348 e. The lowest BCUT2D eigenvalue weighted by Crippen LogP contribution is -2.25. The summed E-state index contributed by atoms with van der Waals surface area (Å²) in [6, 6.07) is 3.42. The van der Waals surface area contributed by atoms with Gasteiger partial charge in [0.2, 0.25) is 0 Å². The summed E-state index contributed by atoms with van der Waals surface area (Å²) in [5.41, 5.74) is 0.241. The Labute approximate surface area is 123 Å². The van der Waals surface area contributed by atoms with Gasteiger partial charge in [0, 0.05) is 11.4 Å². The standard InChI is InChI=1S/C11H11N3O3S3/c15-10(12-7-3-4-7)8-6-19-11(13-8)14-20(16,17)9-2-1-5-18-9/h1-2,5-7H,3-4H2,(H,12,15)(H,13,14). The predicted molar refractivity (Wildman–Crippen MR) is 77.7 cm³/mol. The van der Waals surface area contributed by atoms with Gasteiger partial charge in [-0.1, -0.05) is 6.07 Å². The monoisotopic (exact) mass is 329 g/mol. The summed E-state index contributed by atoms with van der Waals surface area (Å²) in [6.07, 6.45) is 1.99. The Morgan fingerprint density at radius 3 is 2.80 bits per heavy atom. The Bertz CT molecular complexity index is 717. The number of thiophene rings is 1. The Morgan fingerprint density at radius 2 is 2.15 bits per heavy atom. The molecule has 0 bridgehead atoms. The van der Waals surface area contributed by atoms with Crippen LogP contribution >= 0.6 is 22.7 Å². The third-order valence-electron chi connectivity index (χ3n) is 2.63. The molecular formula is C11H11N3O3S3. The SMILES string of the molecule is O=C(NC1CC1)c1csc(NS(=O)(=O)c2cccs2)n1. The van der Waals surface area contributed by atoms with Crippen LogP contribution in [-0.2, 0) is 10.0 Å². The van der Waals surface area contributed by atoms with Crippen LogP contribution in [0.3, 0.4) is 0 Å². The van der Waals surface area contributed by atoms with Crippen molar-refractivity contribution in [3.63, 3.8) is 0 Å². The first kappa shape index (κ1) is 13.5. The van der Waals surface area contributed by atoms with E-state index in [0.29, 0.717) is 0 Å². The van der Waals surface area contributed by atoms with E-state index in [1.807, 2.05) is 0 Å². The van der Waals surface area contributed by atoms with E-state index in [1.54, 1.807) is 16.8 Å². The van der Waals surface area contributed by atoms with Gasteiger partial charge in [0.05, 0.1) is 0 Å². The van der Waals surface area contributed by atoms with Gasteiger partial charge in [0.1, 0.15) is 9.90 Å². The third-order valence-corrected chi connectivity index (χ3v) is 6.25. The third kappa shape index (κ3) is 3.00. The van der Waals surface area contributed by atoms with E-state index in [9.17, 15) is 13.2 Å². The highest BCUT2D eigenvalue weighted by atomic mass is 32.2. The summed E-state index contributed by atoms with van der Waals surface area (Å²) in [4.78, 5) is 15.8. The first-order valence-corrected chi connectivity index (χ1v) is 9.11. The Kier molecular flexibility index (Phi) is 3.48. The van der Waals surface area contributed by atoms with Crippen molar-refractivity contribution in [3.05, 3.63) is 28.6 Å². The molecule has 0 spiro atoms. The highest BCUT2D eigenvalue weighted by Crippen LogP contribution is 2.24. The Hall–Kier alpha value is -1.45. The highest BCUT2D eigenvalue weighted by Gasteiger charge is 2.25. The second kappa shape index (κ2) is 5.15. The van der Waals surface area contributed by atoms with Gasteiger partial charge >= 0.3 is 0 Å². The fourth-order valence-electron chi connectivity index (χ4n) is 1.49. The predicted octanol–water partition coefficient (Wildman–Crippen LogP) is 1.90.